The molecule has 0 bridgehead atoms. The Labute approximate surface area is 137 Å². The van der Waals surface area contributed by atoms with Crippen LogP contribution >= 0.6 is 11.3 Å². The second-order valence-electron chi connectivity index (χ2n) is 5.47. The van der Waals surface area contributed by atoms with Crippen LogP contribution in [0, 0.1) is 6.92 Å². The molecule has 0 aliphatic carbocycles. The highest BCUT2D eigenvalue weighted by molar-refractivity contribution is 7.12. The zero-order chi connectivity index (χ0) is 16.4. The third-order valence-electron chi connectivity index (χ3n) is 3.91. The summed E-state index contributed by atoms with van der Waals surface area (Å²) >= 11 is 1.43. The van der Waals surface area contributed by atoms with Gasteiger partial charge in [-0.3, -0.25) is 9.59 Å². The van der Waals surface area contributed by atoms with E-state index in [9.17, 15) is 9.59 Å². The number of nitrogens with zero attached hydrogens (tertiary/aromatic N) is 4. The SMILES string of the molecule is CC(=O)N1CCN(C(=O)c2cccs2)CCC1c1nc(C)no1. The lowest BCUT2D eigenvalue weighted by atomic mass is 10.1. The summed E-state index contributed by atoms with van der Waals surface area (Å²) in [5.74, 6) is 0.921. The van der Waals surface area contributed by atoms with Crippen LogP contribution in [0.1, 0.15) is 40.8 Å². The van der Waals surface area contributed by atoms with Crippen molar-refractivity contribution in [2.75, 3.05) is 19.6 Å². The molecule has 0 spiro atoms. The van der Waals surface area contributed by atoms with Crippen molar-refractivity contribution in [1.29, 1.82) is 0 Å². The summed E-state index contributed by atoms with van der Waals surface area (Å²) in [5, 5.41) is 5.69. The first-order chi connectivity index (χ1) is 11.1. The normalized spacial score (nSPS) is 18.8. The quantitative estimate of drug-likeness (QED) is 0.838. The van der Waals surface area contributed by atoms with Crippen LogP contribution in [-0.4, -0.2) is 51.4 Å². The maximum atomic E-state index is 12.5. The summed E-state index contributed by atoms with van der Waals surface area (Å²) in [5.41, 5.74) is 0. The summed E-state index contributed by atoms with van der Waals surface area (Å²) < 4.78 is 5.25. The number of hydrogen-bond donors (Lipinski definition) is 0. The van der Waals surface area contributed by atoms with Gasteiger partial charge in [0, 0.05) is 26.6 Å². The van der Waals surface area contributed by atoms with Crippen LogP contribution in [-0.2, 0) is 4.79 Å². The minimum atomic E-state index is -0.283. The van der Waals surface area contributed by atoms with Gasteiger partial charge in [0.1, 0.15) is 6.04 Å². The molecule has 0 radical (unpaired) electrons. The zero-order valence-corrected chi connectivity index (χ0v) is 13.9. The minimum absolute atomic E-state index is 0.00543. The van der Waals surface area contributed by atoms with Crippen molar-refractivity contribution >= 4 is 23.2 Å². The molecular weight excluding hydrogens is 316 g/mol. The first-order valence-corrected chi connectivity index (χ1v) is 8.34. The maximum Gasteiger partial charge on any atom is 0.263 e. The highest BCUT2D eigenvalue weighted by Gasteiger charge is 2.32. The monoisotopic (exact) mass is 334 g/mol. The van der Waals surface area contributed by atoms with Gasteiger partial charge in [-0.15, -0.1) is 11.3 Å². The number of aryl methyl sites for hydroxylation is 1. The third-order valence-corrected chi connectivity index (χ3v) is 4.77. The highest BCUT2D eigenvalue weighted by Crippen LogP contribution is 2.26. The number of carbonyl (C=O) groups is 2. The predicted octanol–water partition coefficient (Wildman–Crippen LogP) is 1.88. The van der Waals surface area contributed by atoms with E-state index in [2.05, 4.69) is 10.1 Å². The van der Waals surface area contributed by atoms with E-state index in [1.807, 2.05) is 17.5 Å². The van der Waals surface area contributed by atoms with Crippen LogP contribution in [0.3, 0.4) is 0 Å². The molecule has 1 aliphatic heterocycles. The predicted molar refractivity (Wildman–Crippen MR) is 84.0 cm³/mol. The van der Waals surface area contributed by atoms with Crippen LogP contribution in [0.15, 0.2) is 22.0 Å². The van der Waals surface area contributed by atoms with Gasteiger partial charge in [0.2, 0.25) is 11.8 Å². The molecule has 3 rings (SSSR count). The Balaban J connectivity index is 1.80. The second kappa shape index (κ2) is 6.49. The van der Waals surface area contributed by atoms with Crippen LogP contribution in [0.4, 0.5) is 0 Å². The van der Waals surface area contributed by atoms with Crippen LogP contribution < -0.4 is 0 Å². The van der Waals surface area contributed by atoms with E-state index in [4.69, 9.17) is 4.52 Å². The minimum Gasteiger partial charge on any atom is -0.337 e. The fraction of sp³-hybridized carbons (Fsp3) is 0.467. The van der Waals surface area contributed by atoms with Gasteiger partial charge in [-0.25, -0.2) is 0 Å². The van der Waals surface area contributed by atoms with E-state index < -0.39 is 0 Å². The number of hydrogen-bond acceptors (Lipinski definition) is 6. The molecule has 1 atom stereocenters. The average Bonchev–Trinajstić information content (AvgIpc) is 3.14. The van der Waals surface area contributed by atoms with Gasteiger partial charge in [0.15, 0.2) is 5.82 Å². The van der Waals surface area contributed by atoms with Crippen molar-refractivity contribution in [1.82, 2.24) is 19.9 Å². The summed E-state index contributed by atoms with van der Waals surface area (Å²) in [7, 11) is 0. The van der Waals surface area contributed by atoms with Crippen LogP contribution in [0.25, 0.3) is 0 Å². The Morgan fingerprint density at radius 1 is 1.35 bits per heavy atom. The van der Waals surface area contributed by atoms with E-state index in [1.54, 1.807) is 16.7 Å². The molecule has 3 heterocycles. The topological polar surface area (TPSA) is 79.5 Å². The zero-order valence-electron chi connectivity index (χ0n) is 13.1. The lowest BCUT2D eigenvalue weighted by molar-refractivity contribution is -0.131. The molecule has 0 aromatic carbocycles. The van der Waals surface area contributed by atoms with Gasteiger partial charge in [-0.05, 0) is 24.8 Å². The van der Waals surface area contributed by atoms with Crippen molar-refractivity contribution < 1.29 is 14.1 Å². The molecule has 2 amide bonds. The first kappa shape index (κ1) is 15.7. The van der Waals surface area contributed by atoms with E-state index in [0.29, 0.717) is 42.6 Å². The number of rotatable bonds is 2. The van der Waals surface area contributed by atoms with Crippen molar-refractivity contribution in [3.8, 4) is 0 Å². The molecule has 7 nitrogen and oxygen atoms in total. The van der Waals surface area contributed by atoms with Gasteiger partial charge < -0.3 is 14.3 Å². The number of aromatic nitrogens is 2. The van der Waals surface area contributed by atoms with Crippen molar-refractivity contribution in [3.05, 3.63) is 34.1 Å². The molecule has 1 unspecified atom stereocenters. The van der Waals surface area contributed by atoms with Gasteiger partial charge in [-0.1, -0.05) is 11.2 Å². The molecule has 0 saturated carbocycles. The van der Waals surface area contributed by atoms with Crippen molar-refractivity contribution in [2.45, 2.75) is 26.3 Å². The lowest BCUT2D eigenvalue weighted by Gasteiger charge is -2.25. The van der Waals surface area contributed by atoms with E-state index in [0.717, 1.165) is 0 Å². The van der Waals surface area contributed by atoms with Crippen LogP contribution in [0.5, 0.6) is 0 Å². The Hall–Kier alpha value is -2.22. The fourth-order valence-corrected chi connectivity index (χ4v) is 3.46. The molecule has 1 aliphatic rings. The lowest BCUT2D eigenvalue weighted by Crippen LogP contribution is -2.37. The molecule has 122 valence electrons. The summed E-state index contributed by atoms with van der Waals surface area (Å²) in [6, 6.07) is 3.40. The van der Waals surface area contributed by atoms with Crippen molar-refractivity contribution in [3.63, 3.8) is 0 Å². The third kappa shape index (κ3) is 3.26. The summed E-state index contributed by atoms with van der Waals surface area (Å²) in [4.78, 5) is 33.0. The molecule has 2 aromatic heterocycles. The number of amides is 2. The van der Waals surface area contributed by atoms with E-state index >= 15 is 0 Å². The summed E-state index contributed by atoms with van der Waals surface area (Å²) in [6.07, 6.45) is 0.582. The van der Waals surface area contributed by atoms with Gasteiger partial charge in [0.25, 0.3) is 5.91 Å². The highest BCUT2D eigenvalue weighted by atomic mass is 32.1. The Morgan fingerprint density at radius 3 is 2.78 bits per heavy atom. The Bertz CT molecular complexity index is 697. The summed E-state index contributed by atoms with van der Waals surface area (Å²) in [6.45, 7) is 4.77. The molecule has 1 fully saturated rings. The first-order valence-electron chi connectivity index (χ1n) is 7.46. The molecule has 0 N–H and O–H groups in total. The standard InChI is InChI=1S/C15H18N4O3S/c1-10-16-14(22-17-10)12-5-6-18(7-8-19(12)11(2)20)15(21)13-4-3-9-23-13/h3-4,9,12H,5-8H2,1-2H3. The van der Waals surface area contributed by atoms with Gasteiger partial charge in [0.05, 0.1) is 4.88 Å². The smallest absolute Gasteiger partial charge is 0.263 e. The van der Waals surface area contributed by atoms with E-state index in [-0.39, 0.29) is 17.9 Å². The Kier molecular flexibility index (Phi) is 4.42. The molecule has 1 saturated heterocycles. The number of carbonyl (C=O) groups excluding carboxylic acids is 2. The maximum absolute atomic E-state index is 12.5. The van der Waals surface area contributed by atoms with Crippen molar-refractivity contribution in [2.24, 2.45) is 0 Å². The average molecular weight is 334 g/mol. The Morgan fingerprint density at radius 2 is 2.17 bits per heavy atom. The number of thiophene rings is 1. The molecule has 8 heteroatoms. The molecule has 23 heavy (non-hydrogen) atoms. The fourth-order valence-electron chi connectivity index (χ4n) is 2.77. The second-order valence-corrected chi connectivity index (χ2v) is 6.41. The molecule has 2 aromatic rings. The van der Waals surface area contributed by atoms with Gasteiger partial charge in [-0.2, -0.15) is 4.98 Å². The van der Waals surface area contributed by atoms with Crippen LogP contribution in [0.2, 0.25) is 0 Å². The van der Waals surface area contributed by atoms with Gasteiger partial charge >= 0.3 is 0 Å². The molecular formula is C15H18N4O3S. The largest absolute Gasteiger partial charge is 0.337 e. The van der Waals surface area contributed by atoms with E-state index in [1.165, 1.54) is 18.3 Å².